The first-order valence-corrected chi connectivity index (χ1v) is 7.70. The Morgan fingerprint density at radius 2 is 2.17 bits per heavy atom. The molecule has 1 saturated carbocycles. The van der Waals surface area contributed by atoms with Crippen LogP contribution in [0.15, 0.2) is 28.9 Å². The summed E-state index contributed by atoms with van der Waals surface area (Å²) in [7, 11) is 0. The number of furan rings is 1. The molecule has 0 aromatic carbocycles. The highest BCUT2D eigenvalue weighted by molar-refractivity contribution is 5.93. The van der Waals surface area contributed by atoms with Crippen LogP contribution in [0, 0.1) is 11.3 Å². The standard InChI is InChI=1S/C16H17N3O4/c20-14(12-8-11(17-18-12)13-2-1-7-23-13)19-5-3-16(4-6-19)9-10(16)15(21)22/h1-2,7-8,10H,3-6,9H2,(H,17,18)(H,21,22). The highest BCUT2D eigenvalue weighted by Gasteiger charge is 2.59. The zero-order chi connectivity index (χ0) is 16.0. The summed E-state index contributed by atoms with van der Waals surface area (Å²) in [5, 5.41) is 16.0. The predicted molar refractivity (Wildman–Crippen MR) is 79.6 cm³/mol. The van der Waals surface area contributed by atoms with E-state index in [1.165, 1.54) is 0 Å². The second kappa shape index (κ2) is 4.97. The maximum absolute atomic E-state index is 12.5. The van der Waals surface area contributed by atoms with Gasteiger partial charge in [0.25, 0.3) is 5.91 Å². The SMILES string of the molecule is O=C(O)C1CC12CCN(C(=O)c1cc(-c3ccco3)[nH]n1)CC2. The molecule has 0 radical (unpaired) electrons. The number of aromatic amines is 1. The quantitative estimate of drug-likeness (QED) is 0.902. The molecular weight excluding hydrogens is 298 g/mol. The minimum Gasteiger partial charge on any atom is -0.481 e. The molecule has 2 aromatic heterocycles. The maximum Gasteiger partial charge on any atom is 0.307 e. The first-order valence-electron chi connectivity index (χ1n) is 7.70. The lowest BCUT2D eigenvalue weighted by molar-refractivity contribution is -0.139. The molecule has 1 aliphatic carbocycles. The van der Waals surface area contributed by atoms with Crippen molar-refractivity contribution in [1.82, 2.24) is 15.1 Å². The van der Waals surface area contributed by atoms with Gasteiger partial charge in [-0.3, -0.25) is 14.7 Å². The van der Waals surface area contributed by atoms with E-state index in [2.05, 4.69) is 10.2 Å². The number of hydrogen-bond donors (Lipinski definition) is 2. The molecule has 2 N–H and O–H groups in total. The van der Waals surface area contributed by atoms with Gasteiger partial charge in [0.15, 0.2) is 11.5 Å². The van der Waals surface area contributed by atoms with Gasteiger partial charge in [0, 0.05) is 19.2 Å². The highest BCUT2D eigenvalue weighted by Crippen LogP contribution is 2.59. The van der Waals surface area contributed by atoms with E-state index in [1.807, 2.05) is 0 Å². The van der Waals surface area contributed by atoms with Gasteiger partial charge < -0.3 is 14.4 Å². The third-order valence-electron chi connectivity index (χ3n) is 5.12. The van der Waals surface area contributed by atoms with Crippen molar-refractivity contribution in [1.29, 1.82) is 0 Å². The molecule has 2 aromatic rings. The number of amides is 1. The number of carboxylic acid groups (broad SMARTS) is 1. The van der Waals surface area contributed by atoms with Crippen LogP contribution in [0.1, 0.15) is 29.8 Å². The van der Waals surface area contributed by atoms with Crippen molar-refractivity contribution in [2.45, 2.75) is 19.3 Å². The Labute approximate surface area is 132 Å². The van der Waals surface area contributed by atoms with Gasteiger partial charge in [-0.1, -0.05) is 0 Å². The topological polar surface area (TPSA) is 99.4 Å². The van der Waals surface area contributed by atoms with Crippen LogP contribution in [-0.4, -0.2) is 45.2 Å². The number of piperidine rings is 1. The largest absolute Gasteiger partial charge is 0.481 e. The van der Waals surface area contributed by atoms with Crippen LogP contribution < -0.4 is 0 Å². The Morgan fingerprint density at radius 3 is 2.78 bits per heavy atom. The van der Waals surface area contributed by atoms with Crippen LogP contribution in [0.2, 0.25) is 0 Å². The van der Waals surface area contributed by atoms with Gasteiger partial charge >= 0.3 is 5.97 Å². The summed E-state index contributed by atoms with van der Waals surface area (Å²) in [5.41, 5.74) is 0.950. The number of H-pyrrole nitrogens is 1. The first kappa shape index (κ1) is 14.0. The fourth-order valence-electron chi connectivity index (χ4n) is 3.56. The second-order valence-corrected chi connectivity index (χ2v) is 6.39. The summed E-state index contributed by atoms with van der Waals surface area (Å²) < 4.78 is 5.28. The summed E-state index contributed by atoms with van der Waals surface area (Å²) in [5.74, 6) is -0.422. The maximum atomic E-state index is 12.5. The van der Waals surface area contributed by atoms with E-state index in [9.17, 15) is 9.59 Å². The van der Waals surface area contributed by atoms with Crippen molar-refractivity contribution in [3.63, 3.8) is 0 Å². The molecule has 3 heterocycles. The Bertz CT molecular complexity index is 741. The molecule has 4 rings (SSSR count). The summed E-state index contributed by atoms with van der Waals surface area (Å²) >= 11 is 0. The van der Waals surface area contributed by atoms with E-state index in [0.29, 0.717) is 30.2 Å². The molecule has 120 valence electrons. The molecule has 1 amide bonds. The number of aromatic nitrogens is 2. The summed E-state index contributed by atoms with van der Waals surface area (Å²) in [6.07, 6.45) is 3.82. The highest BCUT2D eigenvalue weighted by atomic mass is 16.4. The smallest absolute Gasteiger partial charge is 0.307 e. The van der Waals surface area contributed by atoms with E-state index in [4.69, 9.17) is 9.52 Å². The van der Waals surface area contributed by atoms with Crippen LogP contribution >= 0.6 is 0 Å². The van der Waals surface area contributed by atoms with E-state index < -0.39 is 5.97 Å². The molecular formula is C16H17N3O4. The van der Waals surface area contributed by atoms with Crippen molar-refractivity contribution in [2.75, 3.05) is 13.1 Å². The van der Waals surface area contributed by atoms with Gasteiger partial charge in [0.2, 0.25) is 0 Å². The number of carbonyl (C=O) groups excluding carboxylic acids is 1. The Balaban J connectivity index is 1.42. The van der Waals surface area contributed by atoms with Crippen LogP contribution in [0.4, 0.5) is 0 Å². The molecule has 1 spiro atoms. The molecule has 1 aliphatic heterocycles. The predicted octanol–water partition coefficient (Wildman–Crippen LogP) is 2.00. The minimum atomic E-state index is -0.708. The fourth-order valence-corrected chi connectivity index (χ4v) is 3.56. The molecule has 23 heavy (non-hydrogen) atoms. The molecule has 7 heteroatoms. The van der Waals surface area contributed by atoms with Crippen molar-refractivity contribution < 1.29 is 19.1 Å². The van der Waals surface area contributed by atoms with Crippen LogP contribution in [0.5, 0.6) is 0 Å². The van der Waals surface area contributed by atoms with Gasteiger partial charge in [-0.15, -0.1) is 0 Å². The lowest BCUT2D eigenvalue weighted by atomic mass is 9.90. The van der Waals surface area contributed by atoms with E-state index in [1.54, 1.807) is 29.4 Å². The zero-order valence-electron chi connectivity index (χ0n) is 12.5. The van der Waals surface area contributed by atoms with Crippen LogP contribution in [-0.2, 0) is 4.79 Å². The van der Waals surface area contributed by atoms with Crippen molar-refractivity contribution in [2.24, 2.45) is 11.3 Å². The van der Waals surface area contributed by atoms with Gasteiger partial charge in [0.05, 0.1) is 12.2 Å². The van der Waals surface area contributed by atoms with Crippen molar-refractivity contribution >= 4 is 11.9 Å². The number of nitrogens with zero attached hydrogens (tertiary/aromatic N) is 2. The second-order valence-electron chi connectivity index (χ2n) is 6.39. The van der Waals surface area contributed by atoms with E-state index in [0.717, 1.165) is 19.3 Å². The van der Waals surface area contributed by atoms with E-state index >= 15 is 0 Å². The van der Waals surface area contributed by atoms with Crippen LogP contribution in [0.3, 0.4) is 0 Å². The number of aliphatic carboxylic acids is 1. The summed E-state index contributed by atoms with van der Waals surface area (Å²) in [4.78, 5) is 25.4. The fraction of sp³-hybridized carbons (Fsp3) is 0.438. The molecule has 1 unspecified atom stereocenters. The Hall–Kier alpha value is -2.57. The third kappa shape index (κ3) is 2.32. The summed E-state index contributed by atoms with van der Waals surface area (Å²) in [6.45, 7) is 1.18. The van der Waals surface area contributed by atoms with Crippen molar-refractivity contribution in [3.05, 3.63) is 30.2 Å². The molecule has 1 atom stereocenters. The zero-order valence-corrected chi connectivity index (χ0v) is 12.5. The third-order valence-corrected chi connectivity index (χ3v) is 5.12. The number of carboxylic acids is 1. The number of carbonyl (C=O) groups is 2. The molecule has 2 aliphatic rings. The van der Waals surface area contributed by atoms with E-state index in [-0.39, 0.29) is 17.2 Å². The minimum absolute atomic E-state index is 0.0759. The lowest BCUT2D eigenvalue weighted by Crippen LogP contribution is -2.40. The molecule has 0 bridgehead atoms. The molecule has 2 fully saturated rings. The normalized spacial score (nSPS) is 22.3. The average Bonchev–Trinajstić information content (AvgIpc) is 2.98. The lowest BCUT2D eigenvalue weighted by Gasteiger charge is -2.32. The van der Waals surface area contributed by atoms with Crippen LogP contribution in [0.25, 0.3) is 11.5 Å². The first-order chi connectivity index (χ1) is 11.1. The number of nitrogens with one attached hydrogen (secondary N) is 1. The van der Waals surface area contributed by atoms with Crippen molar-refractivity contribution in [3.8, 4) is 11.5 Å². The van der Waals surface area contributed by atoms with Gasteiger partial charge in [-0.2, -0.15) is 5.10 Å². The molecule has 1 saturated heterocycles. The monoisotopic (exact) mass is 315 g/mol. The summed E-state index contributed by atoms with van der Waals surface area (Å²) in [6, 6.07) is 5.25. The number of rotatable bonds is 3. The average molecular weight is 315 g/mol. The Morgan fingerprint density at radius 1 is 1.39 bits per heavy atom. The van der Waals surface area contributed by atoms with Gasteiger partial charge in [0.1, 0.15) is 5.69 Å². The van der Waals surface area contributed by atoms with Gasteiger partial charge in [-0.25, -0.2) is 0 Å². The Kier molecular flexibility index (Phi) is 3.04. The number of likely N-dealkylation sites (tertiary alicyclic amines) is 1. The number of hydrogen-bond acceptors (Lipinski definition) is 4. The van der Waals surface area contributed by atoms with Gasteiger partial charge in [-0.05, 0) is 36.8 Å². The molecule has 7 nitrogen and oxygen atoms in total.